The molecular weight excluding hydrogens is 293 g/mol. The Bertz CT molecular complexity index is 808. The van der Waals surface area contributed by atoms with Crippen molar-refractivity contribution in [2.24, 2.45) is 0 Å². The lowest BCUT2D eigenvalue weighted by Crippen LogP contribution is -1.99. The van der Waals surface area contributed by atoms with Gasteiger partial charge in [-0.1, -0.05) is 11.3 Å². The van der Waals surface area contributed by atoms with E-state index in [0.29, 0.717) is 17.2 Å². The quantitative estimate of drug-likeness (QED) is 0.804. The van der Waals surface area contributed by atoms with Gasteiger partial charge < -0.3 is 5.11 Å². The van der Waals surface area contributed by atoms with Crippen LogP contribution < -0.4 is 0 Å². The van der Waals surface area contributed by atoms with E-state index in [9.17, 15) is 9.18 Å². The van der Waals surface area contributed by atoms with Gasteiger partial charge in [0.25, 0.3) is 0 Å². The van der Waals surface area contributed by atoms with Gasteiger partial charge >= 0.3 is 5.97 Å². The van der Waals surface area contributed by atoms with Crippen molar-refractivity contribution in [3.8, 4) is 11.3 Å². The Balaban J connectivity index is 2.03. The lowest BCUT2D eigenvalue weighted by Gasteiger charge is -2.01. The van der Waals surface area contributed by atoms with Crippen molar-refractivity contribution in [3.63, 3.8) is 0 Å². The van der Waals surface area contributed by atoms with E-state index in [0.717, 1.165) is 16.1 Å². The number of hydrogen-bond donors (Lipinski definition) is 1. The molecule has 0 spiro atoms. The van der Waals surface area contributed by atoms with Gasteiger partial charge in [0.05, 0.1) is 12.1 Å². The summed E-state index contributed by atoms with van der Waals surface area (Å²) in [4.78, 5) is 16.7. The zero-order valence-corrected chi connectivity index (χ0v) is 12.0. The second kappa shape index (κ2) is 5.25. The Labute approximate surface area is 123 Å². The number of carbonyl (C=O) groups is 1. The van der Waals surface area contributed by atoms with E-state index in [1.807, 2.05) is 6.92 Å². The second-order valence-electron chi connectivity index (χ2n) is 4.63. The molecule has 0 bridgehead atoms. The largest absolute Gasteiger partial charge is 0.481 e. The lowest BCUT2D eigenvalue weighted by atomic mass is 10.1. The van der Waals surface area contributed by atoms with Crippen LogP contribution in [0.15, 0.2) is 24.3 Å². The molecule has 0 unspecified atom stereocenters. The van der Waals surface area contributed by atoms with Crippen molar-refractivity contribution in [1.29, 1.82) is 0 Å². The summed E-state index contributed by atoms with van der Waals surface area (Å²) in [6.45, 7) is 1.95. The summed E-state index contributed by atoms with van der Waals surface area (Å²) in [5.41, 5.74) is 1.72. The molecule has 2 aromatic heterocycles. The molecule has 1 aromatic carbocycles. The van der Waals surface area contributed by atoms with E-state index in [1.165, 1.54) is 23.5 Å². The predicted molar refractivity (Wildman–Crippen MR) is 77.0 cm³/mol. The maximum absolute atomic E-state index is 13.0. The molecule has 0 saturated carbocycles. The summed E-state index contributed by atoms with van der Waals surface area (Å²) in [6, 6.07) is 6.20. The number of halogens is 1. The third-order valence-corrected chi connectivity index (χ3v) is 4.04. The minimum atomic E-state index is -0.872. The Morgan fingerprint density at radius 1 is 1.38 bits per heavy atom. The van der Waals surface area contributed by atoms with E-state index in [2.05, 4.69) is 10.1 Å². The summed E-state index contributed by atoms with van der Waals surface area (Å²) < 4.78 is 14.7. The van der Waals surface area contributed by atoms with Crippen LogP contribution in [0.2, 0.25) is 0 Å². The van der Waals surface area contributed by atoms with E-state index >= 15 is 0 Å². The minimum absolute atomic E-state index is 0.00268. The molecule has 0 fully saturated rings. The molecule has 0 amide bonds. The van der Waals surface area contributed by atoms with Crippen LogP contribution in [0.5, 0.6) is 0 Å². The first-order valence-electron chi connectivity index (χ1n) is 6.37. The zero-order chi connectivity index (χ0) is 15.0. The van der Waals surface area contributed by atoms with Gasteiger partial charge in [0, 0.05) is 16.9 Å². The normalized spacial score (nSPS) is 11.1. The third-order valence-electron chi connectivity index (χ3n) is 3.09. The molecule has 0 saturated heterocycles. The Morgan fingerprint density at radius 2 is 2.10 bits per heavy atom. The van der Waals surface area contributed by atoms with Crippen molar-refractivity contribution in [2.75, 3.05) is 0 Å². The van der Waals surface area contributed by atoms with Crippen molar-refractivity contribution < 1.29 is 14.3 Å². The maximum atomic E-state index is 13.0. The number of hydrogen-bond acceptors (Lipinski definition) is 4. The molecule has 3 rings (SSSR count). The van der Waals surface area contributed by atoms with Crippen molar-refractivity contribution in [2.45, 2.75) is 19.8 Å². The number of aryl methyl sites for hydroxylation is 2. The van der Waals surface area contributed by atoms with E-state index < -0.39 is 5.97 Å². The van der Waals surface area contributed by atoms with Crippen LogP contribution in [0.1, 0.15) is 17.1 Å². The summed E-state index contributed by atoms with van der Waals surface area (Å²) in [5, 5.41) is 13.1. The number of aliphatic carboxylic acids is 1. The van der Waals surface area contributed by atoms with Crippen LogP contribution in [0.25, 0.3) is 16.2 Å². The third kappa shape index (κ3) is 2.64. The molecule has 7 heteroatoms. The number of nitrogens with zero attached hydrogens (tertiary/aromatic N) is 3. The van der Waals surface area contributed by atoms with Gasteiger partial charge in [0.15, 0.2) is 5.82 Å². The SMILES string of the molecule is Cc1sc2nc(CCC(=O)O)nn2c1-c1ccc(F)cc1. The number of thiazole rings is 1. The fourth-order valence-electron chi connectivity index (χ4n) is 2.14. The number of aromatic nitrogens is 3. The van der Waals surface area contributed by atoms with Crippen LogP contribution in [-0.4, -0.2) is 25.7 Å². The highest BCUT2D eigenvalue weighted by molar-refractivity contribution is 7.17. The Kier molecular flexibility index (Phi) is 3.42. The van der Waals surface area contributed by atoms with Gasteiger partial charge in [0.2, 0.25) is 4.96 Å². The van der Waals surface area contributed by atoms with Gasteiger partial charge in [-0.2, -0.15) is 0 Å². The Hall–Kier alpha value is -2.28. The molecule has 3 aromatic rings. The van der Waals surface area contributed by atoms with Crippen LogP contribution in [0.4, 0.5) is 4.39 Å². The fraction of sp³-hybridized carbons (Fsp3) is 0.214. The smallest absolute Gasteiger partial charge is 0.303 e. The first-order chi connectivity index (χ1) is 10.0. The van der Waals surface area contributed by atoms with Gasteiger partial charge in [-0.05, 0) is 31.2 Å². The molecule has 0 aliphatic heterocycles. The number of carboxylic acids is 1. The number of rotatable bonds is 4. The van der Waals surface area contributed by atoms with E-state index in [1.54, 1.807) is 16.6 Å². The highest BCUT2D eigenvalue weighted by Crippen LogP contribution is 2.30. The maximum Gasteiger partial charge on any atom is 0.303 e. The average molecular weight is 305 g/mol. The summed E-state index contributed by atoms with van der Waals surface area (Å²) in [7, 11) is 0. The van der Waals surface area contributed by atoms with Gasteiger partial charge in [-0.25, -0.2) is 13.9 Å². The summed E-state index contributed by atoms with van der Waals surface area (Å²) in [5.74, 6) is -0.654. The van der Waals surface area contributed by atoms with E-state index in [-0.39, 0.29) is 12.2 Å². The molecule has 0 atom stereocenters. The van der Waals surface area contributed by atoms with Crippen LogP contribution in [0.3, 0.4) is 0 Å². The molecule has 21 heavy (non-hydrogen) atoms. The molecule has 1 N–H and O–H groups in total. The van der Waals surface area contributed by atoms with Crippen LogP contribution in [-0.2, 0) is 11.2 Å². The highest BCUT2D eigenvalue weighted by atomic mass is 32.1. The van der Waals surface area contributed by atoms with E-state index in [4.69, 9.17) is 5.11 Å². The van der Waals surface area contributed by atoms with Gasteiger partial charge in [-0.15, -0.1) is 5.10 Å². The first-order valence-corrected chi connectivity index (χ1v) is 7.19. The molecule has 5 nitrogen and oxygen atoms in total. The van der Waals surface area contributed by atoms with Crippen molar-refractivity contribution >= 4 is 22.3 Å². The first kappa shape index (κ1) is 13.7. The zero-order valence-electron chi connectivity index (χ0n) is 11.2. The van der Waals surface area contributed by atoms with Crippen molar-refractivity contribution in [3.05, 3.63) is 40.8 Å². The molecule has 0 radical (unpaired) electrons. The van der Waals surface area contributed by atoms with Crippen LogP contribution in [0, 0.1) is 12.7 Å². The van der Waals surface area contributed by atoms with Crippen LogP contribution >= 0.6 is 11.3 Å². The fourth-order valence-corrected chi connectivity index (χ4v) is 3.09. The monoisotopic (exact) mass is 305 g/mol. The summed E-state index contributed by atoms with van der Waals surface area (Å²) in [6.07, 6.45) is 0.300. The Morgan fingerprint density at radius 3 is 2.76 bits per heavy atom. The van der Waals surface area contributed by atoms with Gasteiger partial charge in [0.1, 0.15) is 5.82 Å². The minimum Gasteiger partial charge on any atom is -0.481 e. The molecule has 108 valence electrons. The highest BCUT2D eigenvalue weighted by Gasteiger charge is 2.15. The second-order valence-corrected chi connectivity index (χ2v) is 5.81. The molecule has 0 aliphatic rings. The number of fused-ring (bicyclic) bond motifs is 1. The molecule has 0 aliphatic carbocycles. The predicted octanol–water partition coefficient (Wildman–Crippen LogP) is 2.92. The standard InChI is InChI=1S/C14H12FN3O2S/c1-8-13(9-2-4-10(15)5-3-9)18-14(21-8)16-11(17-18)6-7-12(19)20/h2-5H,6-7H2,1H3,(H,19,20). The lowest BCUT2D eigenvalue weighted by molar-refractivity contribution is -0.137. The molecule has 2 heterocycles. The number of benzene rings is 1. The average Bonchev–Trinajstić information content (AvgIpc) is 2.94. The summed E-state index contributed by atoms with van der Waals surface area (Å²) >= 11 is 1.48. The topological polar surface area (TPSA) is 67.5 Å². The van der Waals surface area contributed by atoms with Crippen molar-refractivity contribution in [1.82, 2.24) is 14.6 Å². The van der Waals surface area contributed by atoms with Gasteiger partial charge in [-0.3, -0.25) is 4.79 Å². The number of carboxylic acid groups (broad SMARTS) is 1. The molecular formula is C14H12FN3O2S.